The van der Waals surface area contributed by atoms with Gasteiger partial charge in [-0.25, -0.2) is 4.79 Å². The molecule has 0 spiro atoms. The van der Waals surface area contributed by atoms with Gasteiger partial charge in [-0.1, -0.05) is 0 Å². The zero-order valence-corrected chi connectivity index (χ0v) is 16.2. The Morgan fingerprint density at radius 3 is 2.56 bits per heavy atom. The van der Waals surface area contributed by atoms with Gasteiger partial charge in [0.25, 0.3) is 10.1 Å². The smallest absolute Gasteiger partial charge is 0.410 e. The Labute approximate surface area is 149 Å². The lowest BCUT2D eigenvalue weighted by Gasteiger charge is -2.28. The van der Waals surface area contributed by atoms with Gasteiger partial charge >= 0.3 is 6.09 Å². The predicted octanol–water partition coefficient (Wildman–Crippen LogP) is 1.88. The summed E-state index contributed by atoms with van der Waals surface area (Å²) in [6.45, 7) is 6.25. The van der Waals surface area contributed by atoms with E-state index >= 15 is 0 Å². The highest BCUT2D eigenvalue weighted by molar-refractivity contribution is 7.85. The van der Waals surface area contributed by atoms with Gasteiger partial charge in [-0.2, -0.15) is 8.42 Å². The van der Waals surface area contributed by atoms with E-state index in [1.807, 2.05) is 0 Å². The van der Waals surface area contributed by atoms with Gasteiger partial charge in [0.1, 0.15) is 5.60 Å². The first-order chi connectivity index (χ1) is 11.5. The molecule has 0 bridgehead atoms. The Morgan fingerprint density at radius 2 is 2.00 bits per heavy atom. The lowest BCUT2D eigenvalue weighted by atomic mass is 10.2. The third-order valence-electron chi connectivity index (χ3n) is 3.96. The van der Waals surface area contributed by atoms with Crippen LogP contribution in [0.2, 0.25) is 0 Å². The zero-order chi connectivity index (χ0) is 18.7. The van der Waals surface area contributed by atoms with E-state index in [-0.39, 0.29) is 19.0 Å². The van der Waals surface area contributed by atoms with Crippen LogP contribution in [0.1, 0.15) is 46.5 Å². The Hall–Kier alpha value is -0.900. The third kappa shape index (κ3) is 7.08. The van der Waals surface area contributed by atoms with Crippen molar-refractivity contribution < 1.29 is 31.6 Å². The van der Waals surface area contributed by atoms with Crippen LogP contribution in [-0.2, 0) is 28.5 Å². The van der Waals surface area contributed by atoms with Gasteiger partial charge < -0.3 is 19.1 Å². The maximum absolute atomic E-state index is 12.4. The summed E-state index contributed by atoms with van der Waals surface area (Å²) in [6, 6.07) is -0.418. The molecular weight excluding hydrogens is 350 g/mol. The van der Waals surface area contributed by atoms with Gasteiger partial charge in [-0.3, -0.25) is 4.18 Å². The minimum atomic E-state index is -3.58. The summed E-state index contributed by atoms with van der Waals surface area (Å²) in [5.41, 5.74) is -0.634. The number of ether oxygens (including phenoxy) is 3. The standard InChI is InChI=1S/C16H29NO7S/c1-16(2,3)24-15(18)17-10-13(23-14-7-5-6-8-21-14)9-12(17)11-22-25(4,19)20/h12-14H,5-11H2,1-4H3/t12-,13+,14?/m0/s1. The van der Waals surface area contributed by atoms with Gasteiger partial charge in [0.05, 0.1) is 31.6 Å². The molecule has 0 N–H and O–H groups in total. The fourth-order valence-corrected chi connectivity index (χ4v) is 3.31. The zero-order valence-electron chi connectivity index (χ0n) is 15.4. The molecule has 2 heterocycles. The minimum absolute atomic E-state index is 0.108. The second-order valence-electron chi connectivity index (χ2n) is 7.57. The Kier molecular flexibility index (Phi) is 6.69. The van der Waals surface area contributed by atoms with Crippen LogP contribution in [0.5, 0.6) is 0 Å². The first-order valence-electron chi connectivity index (χ1n) is 8.64. The molecule has 2 aliphatic rings. The van der Waals surface area contributed by atoms with Gasteiger partial charge in [0, 0.05) is 6.61 Å². The highest BCUT2D eigenvalue weighted by Crippen LogP contribution is 2.26. The fraction of sp³-hybridized carbons (Fsp3) is 0.938. The van der Waals surface area contributed by atoms with Crippen molar-refractivity contribution >= 4 is 16.2 Å². The molecule has 0 aromatic rings. The Morgan fingerprint density at radius 1 is 1.28 bits per heavy atom. The van der Waals surface area contributed by atoms with Gasteiger partial charge in [0.2, 0.25) is 0 Å². The molecule has 1 unspecified atom stereocenters. The van der Waals surface area contributed by atoms with Crippen LogP contribution < -0.4 is 0 Å². The average molecular weight is 379 g/mol. The molecule has 2 fully saturated rings. The number of hydrogen-bond acceptors (Lipinski definition) is 7. The highest BCUT2D eigenvalue weighted by atomic mass is 32.2. The van der Waals surface area contributed by atoms with E-state index in [4.69, 9.17) is 18.4 Å². The monoisotopic (exact) mass is 379 g/mol. The maximum Gasteiger partial charge on any atom is 0.410 e. The molecule has 2 saturated heterocycles. The molecular formula is C16H29NO7S. The summed E-state index contributed by atoms with van der Waals surface area (Å²) in [7, 11) is -3.58. The second kappa shape index (κ2) is 8.20. The van der Waals surface area contributed by atoms with Gasteiger partial charge in [-0.15, -0.1) is 0 Å². The van der Waals surface area contributed by atoms with E-state index in [0.717, 1.165) is 25.5 Å². The molecule has 1 amide bonds. The molecule has 146 valence electrons. The molecule has 9 heteroatoms. The average Bonchev–Trinajstić information content (AvgIpc) is 2.87. The lowest BCUT2D eigenvalue weighted by Crippen LogP contribution is -2.42. The Balaban J connectivity index is 1.99. The quantitative estimate of drug-likeness (QED) is 0.674. The summed E-state index contributed by atoms with van der Waals surface area (Å²) in [6.07, 6.45) is 3.38. The molecule has 2 aliphatic heterocycles. The van der Waals surface area contributed by atoms with E-state index in [9.17, 15) is 13.2 Å². The van der Waals surface area contributed by atoms with Crippen molar-refractivity contribution in [2.75, 3.05) is 26.0 Å². The number of carbonyl (C=O) groups is 1. The van der Waals surface area contributed by atoms with Crippen molar-refractivity contribution in [3.05, 3.63) is 0 Å². The van der Waals surface area contributed by atoms with E-state index in [0.29, 0.717) is 19.6 Å². The maximum atomic E-state index is 12.4. The van der Waals surface area contributed by atoms with Gasteiger partial charge in [-0.05, 0) is 46.5 Å². The fourth-order valence-electron chi connectivity index (χ4n) is 2.91. The molecule has 0 aliphatic carbocycles. The van der Waals surface area contributed by atoms with Crippen molar-refractivity contribution in [2.24, 2.45) is 0 Å². The van der Waals surface area contributed by atoms with Crippen LogP contribution >= 0.6 is 0 Å². The summed E-state index contributed by atoms with van der Waals surface area (Å²) < 4.78 is 44.4. The molecule has 8 nitrogen and oxygen atoms in total. The second-order valence-corrected chi connectivity index (χ2v) is 9.21. The van der Waals surface area contributed by atoms with Crippen LogP contribution in [-0.4, -0.2) is 69.5 Å². The van der Waals surface area contributed by atoms with Crippen LogP contribution in [0.15, 0.2) is 0 Å². The van der Waals surface area contributed by atoms with Crippen molar-refractivity contribution in [1.82, 2.24) is 4.90 Å². The van der Waals surface area contributed by atoms with E-state index < -0.39 is 27.9 Å². The van der Waals surface area contributed by atoms with Crippen LogP contribution in [0.3, 0.4) is 0 Å². The summed E-state index contributed by atoms with van der Waals surface area (Å²) >= 11 is 0. The van der Waals surface area contributed by atoms with E-state index in [1.165, 1.54) is 4.90 Å². The predicted molar refractivity (Wildman–Crippen MR) is 90.6 cm³/mol. The summed E-state index contributed by atoms with van der Waals surface area (Å²) in [5, 5.41) is 0. The summed E-state index contributed by atoms with van der Waals surface area (Å²) in [5.74, 6) is 0. The number of rotatable bonds is 5. The largest absolute Gasteiger partial charge is 0.444 e. The molecule has 0 saturated carbocycles. The van der Waals surface area contributed by atoms with Crippen molar-refractivity contribution in [2.45, 2.75) is 70.5 Å². The molecule has 3 atom stereocenters. The molecule has 2 rings (SSSR count). The number of likely N-dealkylation sites (tertiary alicyclic amines) is 1. The summed E-state index contributed by atoms with van der Waals surface area (Å²) in [4.78, 5) is 13.9. The number of amides is 1. The van der Waals surface area contributed by atoms with Crippen LogP contribution in [0, 0.1) is 0 Å². The molecule has 25 heavy (non-hydrogen) atoms. The Bertz CT molecular complexity index is 551. The van der Waals surface area contributed by atoms with Crippen molar-refractivity contribution in [3.8, 4) is 0 Å². The molecule has 0 aromatic heterocycles. The molecule has 0 radical (unpaired) electrons. The first kappa shape index (κ1) is 20.4. The number of hydrogen-bond donors (Lipinski definition) is 0. The minimum Gasteiger partial charge on any atom is -0.444 e. The van der Waals surface area contributed by atoms with Crippen LogP contribution in [0.25, 0.3) is 0 Å². The molecule has 0 aromatic carbocycles. The lowest BCUT2D eigenvalue weighted by molar-refractivity contribution is -0.185. The third-order valence-corrected chi connectivity index (χ3v) is 4.52. The number of carbonyl (C=O) groups excluding carboxylic acids is 1. The normalized spacial score (nSPS) is 28.2. The SMILES string of the molecule is CC(C)(C)OC(=O)N1C[C@H](OC2CCCCO2)C[C@H]1COS(C)(=O)=O. The highest BCUT2D eigenvalue weighted by Gasteiger charge is 2.40. The van der Waals surface area contributed by atoms with Crippen molar-refractivity contribution in [3.63, 3.8) is 0 Å². The van der Waals surface area contributed by atoms with Gasteiger partial charge in [0.15, 0.2) is 6.29 Å². The van der Waals surface area contributed by atoms with Crippen molar-refractivity contribution in [1.29, 1.82) is 0 Å². The van der Waals surface area contributed by atoms with E-state index in [2.05, 4.69) is 0 Å². The van der Waals surface area contributed by atoms with Crippen LogP contribution in [0.4, 0.5) is 4.79 Å². The number of nitrogens with zero attached hydrogens (tertiary/aromatic N) is 1. The first-order valence-corrected chi connectivity index (χ1v) is 10.5. The topological polar surface area (TPSA) is 91.4 Å². The van der Waals surface area contributed by atoms with E-state index in [1.54, 1.807) is 20.8 Å².